The maximum absolute atomic E-state index is 13.6. The molecule has 0 spiro atoms. The molecule has 4 nitrogen and oxygen atoms in total. The predicted octanol–water partition coefficient (Wildman–Crippen LogP) is 4.63. The number of rotatable bonds is 7. The van der Waals surface area contributed by atoms with Gasteiger partial charge in [0.25, 0.3) is 5.91 Å². The predicted molar refractivity (Wildman–Crippen MR) is 109 cm³/mol. The Labute approximate surface area is 161 Å². The summed E-state index contributed by atoms with van der Waals surface area (Å²) >= 11 is 0. The standard InChI is InChI=1S/C23H29NO3/c1-15(2)24(16(3)4)23(27)22-19(18-10-7-6-8-11-18)12-9-13-20(22)21(26)14-17(5)25/h6-13,15-16,21,26H,14H2,1-5H3/t21-/m1/s1. The van der Waals surface area contributed by atoms with Crippen molar-refractivity contribution in [1.29, 1.82) is 0 Å². The summed E-state index contributed by atoms with van der Waals surface area (Å²) in [6.07, 6.45) is -1.02. The highest BCUT2D eigenvalue weighted by atomic mass is 16.3. The van der Waals surface area contributed by atoms with Crippen LogP contribution < -0.4 is 0 Å². The molecule has 27 heavy (non-hydrogen) atoms. The zero-order valence-electron chi connectivity index (χ0n) is 16.8. The molecule has 0 radical (unpaired) electrons. The number of amides is 1. The molecule has 4 heteroatoms. The first-order chi connectivity index (χ1) is 12.7. The number of hydrogen-bond acceptors (Lipinski definition) is 3. The van der Waals surface area contributed by atoms with E-state index in [1.54, 1.807) is 6.07 Å². The lowest BCUT2D eigenvalue weighted by Gasteiger charge is -2.32. The maximum atomic E-state index is 13.6. The molecule has 2 rings (SSSR count). The number of hydrogen-bond donors (Lipinski definition) is 1. The van der Waals surface area contributed by atoms with Gasteiger partial charge in [-0.1, -0.05) is 48.5 Å². The minimum Gasteiger partial charge on any atom is -0.388 e. The van der Waals surface area contributed by atoms with Crippen LogP contribution in [0.3, 0.4) is 0 Å². The van der Waals surface area contributed by atoms with E-state index in [0.717, 1.165) is 11.1 Å². The molecule has 0 aliphatic rings. The van der Waals surface area contributed by atoms with Crippen molar-refractivity contribution in [3.8, 4) is 11.1 Å². The van der Waals surface area contributed by atoms with Crippen molar-refractivity contribution < 1.29 is 14.7 Å². The van der Waals surface area contributed by atoms with Crippen molar-refractivity contribution in [1.82, 2.24) is 4.90 Å². The smallest absolute Gasteiger partial charge is 0.255 e. The van der Waals surface area contributed by atoms with E-state index >= 15 is 0 Å². The van der Waals surface area contributed by atoms with Crippen LogP contribution in [0.5, 0.6) is 0 Å². The van der Waals surface area contributed by atoms with E-state index in [4.69, 9.17) is 0 Å². The fraction of sp³-hybridized carbons (Fsp3) is 0.391. The average molecular weight is 367 g/mol. The van der Waals surface area contributed by atoms with Crippen LogP contribution in [0.1, 0.15) is 63.1 Å². The summed E-state index contributed by atoms with van der Waals surface area (Å²) in [6.45, 7) is 9.37. The van der Waals surface area contributed by atoms with Gasteiger partial charge in [-0.25, -0.2) is 0 Å². The van der Waals surface area contributed by atoms with Crippen molar-refractivity contribution in [2.24, 2.45) is 0 Å². The molecular formula is C23H29NO3. The molecule has 0 saturated heterocycles. The molecule has 2 aromatic carbocycles. The molecule has 0 aliphatic carbocycles. The van der Waals surface area contributed by atoms with Gasteiger partial charge < -0.3 is 10.0 Å². The Hall–Kier alpha value is -2.46. The van der Waals surface area contributed by atoms with Crippen LogP contribution in [0, 0.1) is 0 Å². The van der Waals surface area contributed by atoms with E-state index in [0.29, 0.717) is 11.1 Å². The molecule has 0 heterocycles. The van der Waals surface area contributed by atoms with Crippen LogP contribution in [0.2, 0.25) is 0 Å². The van der Waals surface area contributed by atoms with E-state index in [-0.39, 0.29) is 30.2 Å². The zero-order chi connectivity index (χ0) is 20.1. The van der Waals surface area contributed by atoms with Crippen LogP contribution in [-0.2, 0) is 4.79 Å². The second-order valence-corrected chi connectivity index (χ2v) is 7.46. The summed E-state index contributed by atoms with van der Waals surface area (Å²) in [5, 5.41) is 10.7. The van der Waals surface area contributed by atoms with Gasteiger partial charge in [0.2, 0.25) is 0 Å². The van der Waals surface area contributed by atoms with Gasteiger partial charge in [-0.3, -0.25) is 9.59 Å². The molecule has 0 unspecified atom stereocenters. The lowest BCUT2D eigenvalue weighted by molar-refractivity contribution is -0.118. The third kappa shape index (κ3) is 4.83. The summed E-state index contributed by atoms with van der Waals surface area (Å²) in [7, 11) is 0. The Bertz CT molecular complexity index is 789. The third-order valence-electron chi connectivity index (χ3n) is 4.58. The molecule has 0 fully saturated rings. The van der Waals surface area contributed by atoms with Crippen LogP contribution in [-0.4, -0.2) is 33.8 Å². The first-order valence-corrected chi connectivity index (χ1v) is 9.42. The molecule has 144 valence electrons. The summed E-state index contributed by atoms with van der Waals surface area (Å²) < 4.78 is 0. The molecule has 1 atom stereocenters. The van der Waals surface area contributed by atoms with Crippen molar-refractivity contribution in [2.45, 2.75) is 59.2 Å². The highest BCUT2D eigenvalue weighted by Gasteiger charge is 2.28. The lowest BCUT2D eigenvalue weighted by atomic mass is 9.90. The van der Waals surface area contributed by atoms with Gasteiger partial charge in [-0.15, -0.1) is 0 Å². The Morgan fingerprint density at radius 2 is 1.52 bits per heavy atom. The van der Waals surface area contributed by atoms with E-state index in [1.807, 2.05) is 75.1 Å². The molecule has 0 saturated carbocycles. The third-order valence-corrected chi connectivity index (χ3v) is 4.58. The molecule has 0 aliphatic heterocycles. The van der Waals surface area contributed by atoms with E-state index in [2.05, 4.69) is 0 Å². The van der Waals surface area contributed by atoms with Gasteiger partial charge >= 0.3 is 0 Å². The monoisotopic (exact) mass is 367 g/mol. The SMILES string of the molecule is CC(=O)C[C@@H](O)c1cccc(-c2ccccc2)c1C(=O)N(C(C)C)C(C)C. The second kappa shape index (κ2) is 8.96. The summed E-state index contributed by atoms with van der Waals surface area (Å²) in [6, 6.07) is 15.2. The molecule has 1 N–H and O–H groups in total. The number of carbonyl (C=O) groups excluding carboxylic acids is 2. The van der Waals surface area contributed by atoms with Crippen LogP contribution >= 0.6 is 0 Å². The van der Waals surface area contributed by atoms with Gasteiger partial charge in [0.05, 0.1) is 11.7 Å². The van der Waals surface area contributed by atoms with Gasteiger partial charge in [-0.2, -0.15) is 0 Å². The summed E-state index contributed by atoms with van der Waals surface area (Å²) in [4.78, 5) is 26.9. The number of aliphatic hydroxyl groups is 1. The van der Waals surface area contributed by atoms with Crippen molar-refractivity contribution >= 4 is 11.7 Å². The first kappa shape index (κ1) is 20.8. The highest BCUT2D eigenvalue weighted by Crippen LogP contribution is 2.32. The molecule has 1 amide bonds. The fourth-order valence-corrected chi connectivity index (χ4v) is 3.52. The Balaban J connectivity index is 2.69. The van der Waals surface area contributed by atoms with Crippen LogP contribution in [0.4, 0.5) is 0 Å². The van der Waals surface area contributed by atoms with Gasteiger partial charge in [0.1, 0.15) is 5.78 Å². The number of nitrogens with zero attached hydrogens (tertiary/aromatic N) is 1. The largest absolute Gasteiger partial charge is 0.388 e. The zero-order valence-corrected chi connectivity index (χ0v) is 16.8. The van der Waals surface area contributed by atoms with Crippen molar-refractivity contribution in [3.63, 3.8) is 0 Å². The number of ketones is 1. The Morgan fingerprint density at radius 1 is 0.926 bits per heavy atom. The number of benzene rings is 2. The number of carbonyl (C=O) groups is 2. The summed E-state index contributed by atoms with van der Waals surface area (Å²) in [5.41, 5.74) is 2.65. The van der Waals surface area contributed by atoms with E-state index in [9.17, 15) is 14.7 Å². The Kier molecular flexibility index (Phi) is 6.92. The second-order valence-electron chi connectivity index (χ2n) is 7.46. The fourth-order valence-electron chi connectivity index (χ4n) is 3.52. The van der Waals surface area contributed by atoms with Crippen LogP contribution in [0.15, 0.2) is 48.5 Å². The van der Waals surface area contributed by atoms with Gasteiger partial charge in [0, 0.05) is 18.5 Å². The van der Waals surface area contributed by atoms with Crippen molar-refractivity contribution in [2.75, 3.05) is 0 Å². The number of Topliss-reactive ketones (excluding diaryl/α,β-unsaturated/α-hetero) is 1. The van der Waals surface area contributed by atoms with Crippen molar-refractivity contribution in [3.05, 3.63) is 59.7 Å². The van der Waals surface area contributed by atoms with E-state index < -0.39 is 6.10 Å². The topological polar surface area (TPSA) is 57.6 Å². The van der Waals surface area contributed by atoms with Gasteiger partial charge in [-0.05, 0) is 51.3 Å². The highest BCUT2D eigenvalue weighted by molar-refractivity contribution is 6.03. The first-order valence-electron chi connectivity index (χ1n) is 9.42. The normalized spacial score (nSPS) is 12.3. The minimum atomic E-state index is -1.01. The molecular weight excluding hydrogens is 338 g/mol. The minimum absolute atomic E-state index is 0.0120. The molecule has 0 bridgehead atoms. The average Bonchev–Trinajstić information content (AvgIpc) is 2.60. The van der Waals surface area contributed by atoms with Crippen LogP contribution in [0.25, 0.3) is 11.1 Å². The van der Waals surface area contributed by atoms with Gasteiger partial charge in [0.15, 0.2) is 0 Å². The maximum Gasteiger partial charge on any atom is 0.255 e. The quantitative estimate of drug-likeness (QED) is 0.776. The van der Waals surface area contributed by atoms with E-state index in [1.165, 1.54) is 6.92 Å². The lowest BCUT2D eigenvalue weighted by Crippen LogP contribution is -2.42. The summed E-state index contributed by atoms with van der Waals surface area (Å²) in [5.74, 6) is -0.243. The Morgan fingerprint density at radius 3 is 2.04 bits per heavy atom. The molecule has 0 aromatic heterocycles. The molecule has 2 aromatic rings. The number of aliphatic hydroxyl groups excluding tert-OH is 1.